The molecule has 0 unspecified atom stereocenters. The first-order chi connectivity index (χ1) is 11.8. The number of hydrogen-bond donors (Lipinski definition) is 1. The van der Waals surface area contributed by atoms with Gasteiger partial charge >= 0.3 is 0 Å². The zero-order valence-electron chi connectivity index (χ0n) is 12.8. The highest BCUT2D eigenvalue weighted by Crippen LogP contribution is 2.33. The third kappa shape index (κ3) is 2.38. The van der Waals surface area contributed by atoms with Crippen LogP contribution in [-0.2, 0) is 0 Å². The molecule has 1 aromatic carbocycles. The Morgan fingerprint density at radius 1 is 1.04 bits per heavy atom. The van der Waals surface area contributed by atoms with E-state index >= 15 is 0 Å². The van der Waals surface area contributed by atoms with Crippen LogP contribution in [0.3, 0.4) is 0 Å². The largest absolute Gasteiger partial charge is 0.494 e. The van der Waals surface area contributed by atoms with Gasteiger partial charge in [0.1, 0.15) is 5.52 Å². The maximum atomic E-state index is 13.7. The van der Waals surface area contributed by atoms with Crippen molar-refractivity contribution in [1.29, 1.82) is 0 Å². The number of fused-ring (bicyclic) bond motifs is 1. The predicted octanol–water partition coefficient (Wildman–Crippen LogP) is 3.83. The van der Waals surface area contributed by atoms with E-state index in [4.69, 9.17) is 4.74 Å². The molecular formula is C18H13FN4O. The van der Waals surface area contributed by atoms with Crippen molar-refractivity contribution in [2.75, 3.05) is 7.11 Å². The first kappa shape index (κ1) is 14.3. The summed E-state index contributed by atoms with van der Waals surface area (Å²) in [7, 11) is 1.44. The number of hydrogen-bond acceptors (Lipinski definition) is 4. The number of nitrogens with zero attached hydrogens (tertiary/aromatic N) is 3. The Balaban J connectivity index is 1.89. The van der Waals surface area contributed by atoms with Gasteiger partial charge in [-0.1, -0.05) is 6.07 Å². The monoisotopic (exact) mass is 320 g/mol. The summed E-state index contributed by atoms with van der Waals surface area (Å²) < 4.78 is 18.8. The molecule has 0 bridgehead atoms. The molecule has 5 nitrogen and oxygen atoms in total. The van der Waals surface area contributed by atoms with Crippen LogP contribution < -0.4 is 4.74 Å². The second-order valence-corrected chi connectivity index (χ2v) is 5.28. The van der Waals surface area contributed by atoms with Crippen molar-refractivity contribution < 1.29 is 9.13 Å². The smallest absolute Gasteiger partial charge is 0.165 e. The Labute approximate surface area is 137 Å². The summed E-state index contributed by atoms with van der Waals surface area (Å²) in [4.78, 5) is 8.86. The van der Waals surface area contributed by atoms with Gasteiger partial charge in [0.05, 0.1) is 24.5 Å². The van der Waals surface area contributed by atoms with E-state index in [0.717, 1.165) is 33.4 Å². The average Bonchev–Trinajstić information content (AvgIpc) is 3.10. The molecule has 0 saturated carbocycles. The molecule has 4 rings (SSSR count). The van der Waals surface area contributed by atoms with E-state index in [2.05, 4.69) is 20.2 Å². The average molecular weight is 320 g/mol. The molecule has 0 saturated heterocycles. The van der Waals surface area contributed by atoms with Crippen LogP contribution >= 0.6 is 0 Å². The standard InChI is InChI=1S/C18H13FN4O/c1-24-17-8-11(4-5-14(17)19)18-13(3-2-6-20-18)12-7-15-16(21-9-12)10-22-23-15/h2-10H,1H3,(H,22,23). The Morgan fingerprint density at radius 2 is 1.96 bits per heavy atom. The summed E-state index contributed by atoms with van der Waals surface area (Å²) >= 11 is 0. The quantitative estimate of drug-likeness (QED) is 0.623. The molecule has 0 fully saturated rings. The van der Waals surface area contributed by atoms with Crippen molar-refractivity contribution >= 4 is 11.0 Å². The SMILES string of the molecule is COc1cc(-c2ncccc2-c2cnc3cn[nH]c3c2)ccc1F. The lowest BCUT2D eigenvalue weighted by atomic mass is 10.00. The Bertz CT molecular complexity index is 1030. The molecule has 24 heavy (non-hydrogen) atoms. The van der Waals surface area contributed by atoms with Crippen LogP contribution in [0.2, 0.25) is 0 Å². The van der Waals surface area contributed by atoms with E-state index in [0.29, 0.717) is 0 Å². The highest BCUT2D eigenvalue weighted by atomic mass is 19.1. The Kier molecular flexibility index (Phi) is 3.42. The maximum absolute atomic E-state index is 13.7. The summed E-state index contributed by atoms with van der Waals surface area (Å²) in [6, 6.07) is 10.5. The summed E-state index contributed by atoms with van der Waals surface area (Å²) in [5, 5.41) is 6.90. The van der Waals surface area contributed by atoms with Crippen LogP contribution in [0, 0.1) is 5.82 Å². The van der Waals surface area contributed by atoms with E-state index < -0.39 is 5.82 Å². The molecular weight excluding hydrogens is 307 g/mol. The fourth-order valence-electron chi connectivity index (χ4n) is 2.65. The predicted molar refractivity (Wildman–Crippen MR) is 89.1 cm³/mol. The van der Waals surface area contributed by atoms with Gasteiger partial charge in [-0.15, -0.1) is 0 Å². The zero-order valence-corrected chi connectivity index (χ0v) is 12.8. The molecule has 0 amide bonds. The molecule has 0 atom stereocenters. The van der Waals surface area contributed by atoms with Crippen LogP contribution in [0.1, 0.15) is 0 Å². The van der Waals surface area contributed by atoms with Crippen LogP contribution in [-0.4, -0.2) is 27.3 Å². The van der Waals surface area contributed by atoms with Crippen molar-refractivity contribution in [2.45, 2.75) is 0 Å². The third-order valence-electron chi connectivity index (χ3n) is 3.83. The van der Waals surface area contributed by atoms with Gasteiger partial charge in [-0.2, -0.15) is 5.10 Å². The molecule has 3 aromatic heterocycles. The van der Waals surface area contributed by atoms with Gasteiger partial charge in [-0.05, 0) is 30.3 Å². The molecule has 4 aromatic rings. The minimum Gasteiger partial charge on any atom is -0.494 e. The fourth-order valence-corrected chi connectivity index (χ4v) is 2.65. The zero-order chi connectivity index (χ0) is 16.5. The molecule has 0 radical (unpaired) electrons. The van der Waals surface area contributed by atoms with Gasteiger partial charge in [-0.25, -0.2) is 4.39 Å². The number of rotatable bonds is 3. The van der Waals surface area contributed by atoms with Gasteiger partial charge in [0, 0.05) is 29.1 Å². The first-order valence-electron chi connectivity index (χ1n) is 7.34. The molecule has 0 spiro atoms. The lowest BCUT2D eigenvalue weighted by molar-refractivity contribution is 0.387. The van der Waals surface area contributed by atoms with Gasteiger partial charge in [0.15, 0.2) is 11.6 Å². The van der Waals surface area contributed by atoms with E-state index in [1.165, 1.54) is 13.2 Å². The van der Waals surface area contributed by atoms with E-state index in [1.807, 2.05) is 18.2 Å². The minimum absolute atomic E-state index is 0.186. The number of nitrogens with one attached hydrogen (secondary N) is 1. The van der Waals surface area contributed by atoms with Crippen molar-refractivity contribution in [2.24, 2.45) is 0 Å². The van der Waals surface area contributed by atoms with Crippen molar-refractivity contribution in [3.8, 4) is 28.1 Å². The number of methoxy groups -OCH3 is 1. The van der Waals surface area contributed by atoms with Crippen molar-refractivity contribution in [3.63, 3.8) is 0 Å². The Morgan fingerprint density at radius 3 is 2.83 bits per heavy atom. The molecule has 1 N–H and O–H groups in total. The first-order valence-corrected chi connectivity index (χ1v) is 7.34. The summed E-state index contributed by atoms with van der Waals surface area (Å²) in [5.41, 5.74) is 4.95. The second-order valence-electron chi connectivity index (χ2n) is 5.28. The number of ether oxygens (including phenoxy) is 1. The summed E-state index contributed by atoms with van der Waals surface area (Å²) in [5.74, 6) is -0.217. The molecule has 118 valence electrons. The van der Waals surface area contributed by atoms with Crippen LogP contribution in [0.15, 0.2) is 55.0 Å². The van der Waals surface area contributed by atoms with Gasteiger partial charge in [0.25, 0.3) is 0 Å². The van der Waals surface area contributed by atoms with Crippen LogP contribution in [0.5, 0.6) is 5.75 Å². The van der Waals surface area contributed by atoms with Crippen molar-refractivity contribution in [3.05, 3.63) is 60.8 Å². The summed E-state index contributed by atoms with van der Waals surface area (Å²) in [6.07, 6.45) is 5.16. The number of aromatic nitrogens is 4. The van der Waals surface area contributed by atoms with E-state index in [-0.39, 0.29) is 5.75 Å². The minimum atomic E-state index is -0.403. The molecule has 0 aliphatic heterocycles. The normalized spacial score (nSPS) is 10.9. The van der Waals surface area contributed by atoms with E-state index in [1.54, 1.807) is 30.7 Å². The number of pyridine rings is 2. The second kappa shape index (κ2) is 5.73. The fraction of sp³-hybridized carbons (Fsp3) is 0.0556. The molecule has 0 aliphatic rings. The van der Waals surface area contributed by atoms with Crippen LogP contribution in [0.25, 0.3) is 33.4 Å². The molecule has 0 aliphatic carbocycles. The highest BCUT2D eigenvalue weighted by molar-refractivity contribution is 5.85. The highest BCUT2D eigenvalue weighted by Gasteiger charge is 2.12. The number of benzene rings is 1. The number of halogens is 1. The van der Waals surface area contributed by atoms with Crippen molar-refractivity contribution in [1.82, 2.24) is 20.2 Å². The lowest BCUT2D eigenvalue weighted by Crippen LogP contribution is -1.93. The van der Waals surface area contributed by atoms with Crippen LogP contribution in [0.4, 0.5) is 4.39 Å². The third-order valence-corrected chi connectivity index (χ3v) is 3.83. The topological polar surface area (TPSA) is 63.7 Å². The molecule has 3 heterocycles. The lowest BCUT2D eigenvalue weighted by Gasteiger charge is -2.10. The molecule has 6 heteroatoms. The Hall–Kier alpha value is -3.28. The maximum Gasteiger partial charge on any atom is 0.165 e. The summed E-state index contributed by atoms with van der Waals surface area (Å²) in [6.45, 7) is 0. The number of H-pyrrole nitrogens is 1. The van der Waals surface area contributed by atoms with Gasteiger partial charge in [-0.3, -0.25) is 15.1 Å². The van der Waals surface area contributed by atoms with Gasteiger partial charge < -0.3 is 4.74 Å². The van der Waals surface area contributed by atoms with Gasteiger partial charge in [0.2, 0.25) is 0 Å². The number of aromatic amines is 1. The van der Waals surface area contributed by atoms with E-state index in [9.17, 15) is 4.39 Å².